The molecule has 2 aliphatic rings. The van der Waals surface area contributed by atoms with Crippen molar-refractivity contribution in [2.45, 2.75) is 38.4 Å². The van der Waals surface area contributed by atoms with Crippen LogP contribution in [0.5, 0.6) is 0 Å². The fourth-order valence-corrected chi connectivity index (χ4v) is 2.61. The maximum absolute atomic E-state index is 13.2. The van der Waals surface area contributed by atoms with Gasteiger partial charge in [0.1, 0.15) is 6.17 Å². The Morgan fingerprint density at radius 2 is 2.07 bits per heavy atom. The van der Waals surface area contributed by atoms with Gasteiger partial charge in [0, 0.05) is 32.6 Å². The standard InChI is InChI=1S/C11H19FN2O/c1-9(15)13-6-4-11(8-13)14-5-2-3-10(12)7-14/h10-11H,2-8H2,1H3. The van der Waals surface area contributed by atoms with E-state index in [-0.39, 0.29) is 5.91 Å². The van der Waals surface area contributed by atoms with E-state index in [9.17, 15) is 9.18 Å². The maximum atomic E-state index is 13.2. The second-order valence-electron chi connectivity index (χ2n) is 4.64. The molecule has 2 saturated heterocycles. The first-order chi connectivity index (χ1) is 7.16. The van der Waals surface area contributed by atoms with Gasteiger partial charge in [-0.25, -0.2) is 4.39 Å². The Kier molecular flexibility index (Phi) is 3.24. The van der Waals surface area contributed by atoms with Gasteiger partial charge in [0.2, 0.25) is 5.91 Å². The average molecular weight is 214 g/mol. The van der Waals surface area contributed by atoms with Crippen LogP contribution in [0.2, 0.25) is 0 Å². The quantitative estimate of drug-likeness (QED) is 0.651. The van der Waals surface area contributed by atoms with Crippen molar-refractivity contribution >= 4 is 5.91 Å². The molecule has 2 heterocycles. The molecule has 0 spiro atoms. The van der Waals surface area contributed by atoms with Crippen LogP contribution < -0.4 is 0 Å². The first-order valence-electron chi connectivity index (χ1n) is 5.80. The highest BCUT2D eigenvalue weighted by Gasteiger charge is 2.31. The topological polar surface area (TPSA) is 23.6 Å². The van der Waals surface area contributed by atoms with Gasteiger partial charge < -0.3 is 4.90 Å². The summed E-state index contributed by atoms with van der Waals surface area (Å²) in [6.07, 6.45) is 2.01. The molecule has 2 rings (SSSR count). The molecule has 2 unspecified atom stereocenters. The number of likely N-dealkylation sites (tertiary alicyclic amines) is 2. The molecule has 0 aliphatic carbocycles. The molecule has 2 fully saturated rings. The summed E-state index contributed by atoms with van der Waals surface area (Å²) in [7, 11) is 0. The summed E-state index contributed by atoms with van der Waals surface area (Å²) in [5, 5.41) is 0. The molecule has 15 heavy (non-hydrogen) atoms. The van der Waals surface area contributed by atoms with Crippen molar-refractivity contribution in [3.8, 4) is 0 Å². The van der Waals surface area contributed by atoms with Gasteiger partial charge >= 0.3 is 0 Å². The molecule has 0 N–H and O–H groups in total. The molecule has 3 nitrogen and oxygen atoms in total. The van der Waals surface area contributed by atoms with E-state index in [1.54, 1.807) is 6.92 Å². The monoisotopic (exact) mass is 214 g/mol. The molecule has 4 heteroatoms. The Bertz CT molecular complexity index is 247. The van der Waals surface area contributed by atoms with Crippen LogP contribution in [0.25, 0.3) is 0 Å². The molecule has 0 bridgehead atoms. The lowest BCUT2D eigenvalue weighted by Crippen LogP contribution is -2.45. The first-order valence-corrected chi connectivity index (χ1v) is 5.80. The zero-order chi connectivity index (χ0) is 10.8. The fourth-order valence-electron chi connectivity index (χ4n) is 2.61. The molecular weight excluding hydrogens is 195 g/mol. The van der Waals surface area contributed by atoms with Crippen molar-refractivity contribution in [3.05, 3.63) is 0 Å². The van der Waals surface area contributed by atoms with Crippen LogP contribution in [-0.2, 0) is 4.79 Å². The molecule has 0 aromatic rings. The minimum absolute atomic E-state index is 0.145. The Balaban J connectivity index is 1.87. The van der Waals surface area contributed by atoms with Crippen molar-refractivity contribution in [1.82, 2.24) is 9.80 Å². The minimum atomic E-state index is -0.662. The zero-order valence-corrected chi connectivity index (χ0v) is 9.29. The normalized spacial score (nSPS) is 33.3. The predicted molar refractivity (Wildman–Crippen MR) is 56.4 cm³/mol. The number of rotatable bonds is 1. The number of alkyl halides is 1. The van der Waals surface area contributed by atoms with Crippen LogP contribution in [0.4, 0.5) is 4.39 Å². The summed E-state index contributed by atoms with van der Waals surface area (Å²) in [5.41, 5.74) is 0. The highest BCUT2D eigenvalue weighted by atomic mass is 19.1. The lowest BCUT2D eigenvalue weighted by atomic mass is 10.1. The molecule has 2 aliphatic heterocycles. The van der Waals surface area contributed by atoms with Gasteiger partial charge in [-0.2, -0.15) is 0 Å². The number of hydrogen-bond acceptors (Lipinski definition) is 2. The third-order valence-corrected chi connectivity index (χ3v) is 3.52. The molecule has 2 atom stereocenters. The lowest BCUT2D eigenvalue weighted by molar-refractivity contribution is -0.128. The van der Waals surface area contributed by atoms with E-state index < -0.39 is 6.17 Å². The maximum Gasteiger partial charge on any atom is 0.219 e. The van der Waals surface area contributed by atoms with Crippen LogP contribution in [0.15, 0.2) is 0 Å². The third-order valence-electron chi connectivity index (χ3n) is 3.52. The smallest absolute Gasteiger partial charge is 0.219 e. The predicted octanol–water partition coefficient (Wildman–Crippen LogP) is 1.04. The summed E-state index contributed by atoms with van der Waals surface area (Å²) in [6, 6.07) is 0.396. The molecular formula is C11H19FN2O. The van der Waals surface area contributed by atoms with Crippen molar-refractivity contribution in [2.24, 2.45) is 0 Å². The largest absolute Gasteiger partial charge is 0.341 e. The second-order valence-corrected chi connectivity index (χ2v) is 4.64. The van der Waals surface area contributed by atoms with Crippen LogP contribution >= 0.6 is 0 Å². The number of carbonyl (C=O) groups excluding carboxylic acids is 1. The molecule has 1 amide bonds. The van der Waals surface area contributed by atoms with Gasteiger partial charge in [0.25, 0.3) is 0 Å². The SMILES string of the molecule is CC(=O)N1CCC(N2CCCC(F)C2)C1. The van der Waals surface area contributed by atoms with Crippen LogP contribution in [0, 0.1) is 0 Å². The van der Waals surface area contributed by atoms with E-state index in [1.165, 1.54) is 0 Å². The van der Waals surface area contributed by atoms with Crippen molar-refractivity contribution in [2.75, 3.05) is 26.2 Å². The number of nitrogens with zero attached hydrogens (tertiary/aromatic N) is 2. The van der Waals surface area contributed by atoms with E-state index in [4.69, 9.17) is 0 Å². The summed E-state index contributed by atoms with van der Waals surface area (Å²) in [5.74, 6) is 0.145. The zero-order valence-electron chi connectivity index (χ0n) is 9.29. The van der Waals surface area contributed by atoms with Crippen LogP contribution in [0.3, 0.4) is 0 Å². The fraction of sp³-hybridized carbons (Fsp3) is 0.909. The summed E-state index contributed by atoms with van der Waals surface area (Å²) in [6.45, 7) is 4.80. The van der Waals surface area contributed by atoms with Crippen LogP contribution in [-0.4, -0.2) is 54.1 Å². The Morgan fingerprint density at radius 3 is 2.67 bits per heavy atom. The molecule has 0 saturated carbocycles. The van der Waals surface area contributed by atoms with Gasteiger partial charge in [0.15, 0.2) is 0 Å². The molecule has 0 aromatic heterocycles. The summed E-state index contributed by atoms with van der Waals surface area (Å²) < 4.78 is 13.2. The summed E-state index contributed by atoms with van der Waals surface area (Å²) >= 11 is 0. The second kappa shape index (κ2) is 4.47. The Hall–Kier alpha value is -0.640. The van der Waals surface area contributed by atoms with Gasteiger partial charge in [-0.05, 0) is 25.8 Å². The van der Waals surface area contributed by atoms with Crippen molar-refractivity contribution in [3.63, 3.8) is 0 Å². The van der Waals surface area contributed by atoms with E-state index >= 15 is 0 Å². The first kappa shape index (κ1) is 10.9. The number of halogens is 1. The highest BCUT2D eigenvalue weighted by Crippen LogP contribution is 2.21. The van der Waals surface area contributed by atoms with Crippen molar-refractivity contribution < 1.29 is 9.18 Å². The van der Waals surface area contributed by atoms with Gasteiger partial charge in [0.05, 0.1) is 0 Å². The van der Waals surface area contributed by atoms with E-state index in [0.29, 0.717) is 19.0 Å². The Morgan fingerprint density at radius 1 is 1.27 bits per heavy atom. The lowest BCUT2D eigenvalue weighted by Gasteiger charge is -2.33. The summed E-state index contributed by atoms with van der Waals surface area (Å²) in [4.78, 5) is 15.3. The van der Waals surface area contributed by atoms with E-state index in [2.05, 4.69) is 4.90 Å². The Labute approximate surface area is 90.2 Å². The number of amides is 1. The van der Waals surface area contributed by atoms with Crippen molar-refractivity contribution in [1.29, 1.82) is 0 Å². The van der Waals surface area contributed by atoms with Gasteiger partial charge in [-0.1, -0.05) is 0 Å². The highest BCUT2D eigenvalue weighted by molar-refractivity contribution is 5.73. The van der Waals surface area contributed by atoms with E-state index in [0.717, 1.165) is 32.5 Å². The molecule has 86 valence electrons. The average Bonchev–Trinajstić information content (AvgIpc) is 2.66. The molecule has 0 radical (unpaired) electrons. The third kappa shape index (κ3) is 2.48. The minimum Gasteiger partial charge on any atom is -0.341 e. The van der Waals surface area contributed by atoms with Crippen LogP contribution in [0.1, 0.15) is 26.2 Å². The number of hydrogen-bond donors (Lipinski definition) is 0. The number of carbonyl (C=O) groups is 1. The van der Waals surface area contributed by atoms with Gasteiger partial charge in [-0.3, -0.25) is 9.69 Å². The molecule has 0 aromatic carbocycles. The number of piperidine rings is 1. The van der Waals surface area contributed by atoms with E-state index in [1.807, 2.05) is 4.90 Å². The van der Waals surface area contributed by atoms with Gasteiger partial charge in [-0.15, -0.1) is 0 Å².